The number of aromatic nitrogens is 1. The quantitative estimate of drug-likeness (QED) is 0.363. The number of halogens is 1. The Bertz CT molecular complexity index is 1470. The van der Waals surface area contributed by atoms with Crippen molar-refractivity contribution in [2.45, 2.75) is 64.3 Å². The Balaban J connectivity index is 1.40. The van der Waals surface area contributed by atoms with Crippen molar-refractivity contribution in [1.29, 1.82) is 0 Å². The molecule has 2 aliphatic rings. The van der Waals surface area contributed by atoms with Crippen LogP contribution in [0.25, 0.3) is 0 Å². The number of nitrogens with zero attached hydrogens (tertiary/aromatic N) is 3. The zero-order chi connectivity index (χ0) is 31.5. The fraction of sp³-hybridized carbons (Fsp3) is 0.455. The first-order chi connectivity index (χ1) is 21.0. The number of likely N-dealkylation sites (tertiary alicyclic amines) is 2. The van der Waals surface area contributed by atoms with Crippen molar-refractivity contribution >= 4 is 17.7 Å². The van der Waals surface area contributed by atoms with Crippen molar-refractivity contribution in [1.82, 2.24) is 20.3 Å². The molecule has 0 bridgehead atoms. The minimum absolute atomic E-state index is 0.0635. The molecular formula is C33H40FN5O5. The van der Waals surface area contributed by atoms with Crippen LogP contribution in [-0.2, 0) is 32.3 Å². The highest BCUT2D eigenvalue weighted by Gasteiger charge is 2.56. The zero-order valence-electron chi connectivity index (χ0n) is 25.4. The molecule has 5 rings (SSSR count). The summed E-state index contributed by atoms with van der Waals surface area (Å²) in [4.78, 5) is 44.7. The number of amides is 3. The van der Waals surface area contributed by atoms with E-state index in [4.69, 9.17) is 15.0 Å². The van der Waals surface area contributed by atoms with Crippen LogP contribution in [0.3, 0.4) is 0 Å². The van der Waals surface area contributed by atoms with Gasteiger partial charge < -0.3 is 30.1 Å². The largest absolute Gasteiger partial charge is 0.374 e. The number of nitrogens with two attached hydrogens (primary N) is 1. The van der Waals surface area contributed by atoms with Gasteiger partial charge in [0.2, 0.25) is 17.7 Å². The Hall–Kier alpha value is -4.09. The van der Waals surface area contributed by atoms with E-state index in [9.17, 15) is 18.8 Å². The molecule has 11 heteroatoms. The molecule has 2 aromatic carbocycles. The van der Waals surface area contributed by atoms with Gasteiger partial charge in [-0.05, 0) is 56.9 Å². The molecule has 10 nitrogen and oxygen atoms in total. The van der Waals surface area contributed by atoms with Crippen LogP contribution in [0.15, 0.2) is 65.2 Å². The average molecular weight is 606 g/mol. The highest BCUT2D eigenvalue weighted by atomic mass is 19.1. The summed E-state index contributed by atoms with van der Waals surface area (Å²) in [6.07, 6.45) is 1.14. The molecule has 1 aromatic heterocycles. The summed E-state index contributed by atoms with van der Waals surface area (Å²) < 4.78 is 25.0. The number of nitrogens with one attached hydrogen (secondary N) is 1. The van der Waals surface area contributed by atoms with Crippen molar-refractivity contribution in [2.75, 3.05) is 26.2 Å². The highest BCUT2D eigenvalue weighted by Crippen LogP contribution is 2.50. The van der Waals surface area contributed by atoms with Gasteiger partial charge in [0.15, 0.2) is 0 Å². The molecule has 0 aliphatic carbocycles. The molecule has 3 unspecified atom stereocenters. The van der Waals surface area contributed by atoms with Crippen LogP contribution < -0.4 is 11.1 Å². The van der Waals surface area contributed by atoms with Crippen molar-refractivity contribution in [2.24, 2.45) is 11.1 Å². The Morgan fingerprint density at radius 2 is 1.93 bits per heavy atom. The second-order valence-corrected chi connectivity index (χ2v) is 12.5. The van der Waals surface area contributed by atoms with Gasteiger partial charge in [0.1, 0.15) is 23.3 Å². The van der Waals surface area contributed by atoms with Gasteiger partial charge in [-0.15, -0.1) is 0 Å². The molecule has 1 spiro atoms. The Morgan fingerprint density at radius 1 is 1.20 bits per heavy atom. The van der Waals surface area contributed by atoms with Gasteiger partial charge in [-0.3, -0.25) is 14.4 Å². The van der Waals surface area contributed by atoms with E-state index in [1.807, 2.05) is 30.3 Å². The van der Waals surface area contributed by atoms with Crippen LogP contribution in [0.2, 0.25) is 0 Å². The van der Waals surface area contributed by atoms with Gasteiger partial charge in [-0.2, -0.15) is 0 Å². The first-order valence-corrected chi connectivity index (χ1v) is 14.9. The summed E-state index contributed by atoms with van der Waals surface area (Å²) in [6, 6.07) is 16.5. The highest BCUT2D eigenvalue weighted by molar-refractivity contribution is 5.93. The van der Waals surface area contributed by atoms with Crippen LogP contribution in [0.4, 0.5) is 4.39 Å². The molecule has 0 radical (unpaired) electrons. The fourth-order valence-electron chi connectivity index (χ4n) is 6.23. The first-order valence-electron chi connectivity index (χ1n) is 14.9. The summed E-state index contributed by atoms with van der Waals surface area (Å²) in [5.74, 6) is -0.917. The van der Waals surface area contributed by atoms with E-state index in [0.29, 0.717) is 37.4 Å². The van der Waals surface area contributed by atoms with Crippen LogP contribution >= 0.6 is 0 Å². The van der Waals surface area contributed by atoms with Crippen LogP contribution in [0.5, 0.6) is 0 Å². The molecule has 2 aliphatic heterocycles. The summed E-state index contributed by atoms with van der Waals surface area (Å²) in [6.45, 7) is 6.35. The molecule has 2 fully saturated rings. The van der Waals surface area contributed by atoms with Gasteiger partial charge in [0, 0.05) is 31.6 Å². The summed E-state index contributed by atoms with van der Waals surface area (Å²) >= 11 is 0. The third-order valence-corrected chi connectivity index (χ3v) is 8.51. The minimum atomic E-state index is -1.21. The lowest BCUT2D eigenvalue weighted by Crippen LogP contribution is -2.60. The van der Waals surface area contributed by atoms with Crippen LogP contribution in [0.1, 0.15) is 55.2 Å². The summed E-state index contributed by atoms with van der Waals surface area (Å²) in [5.41, 5.74) is 6.30. The SMILES string of the molecule is Cc1cc(CN2CC(c3ccc(F)cc3)C3(CCCN(C(=O)C(COCc4ccccc4)NC(=O)C(C)(C)N)C3)C2=O)no1. The van der Waals surface area contributed by atoms with E-state index in [1.165, 1.54) is 12.1 Å². The molecular weight excluding hydrogens is 565 g/mol. The maximum absolute atomic E-state index is 14.3. The number of aryl methyl sites for hydroxylation is 1. The van der Waals surface area contributed by atoms with Gasteiger partial charge in [-0.25, -0.2) is 4.39 Å². The Labute approximate surface area is 256 Å². The molecule has 2 saturated heterocycles. The monoisotopic (exact) mass is 605 g/mol. The number of hydrogen-bond acceptors (Lipinski definition) is 7. The maximum atomic E-state index is 14.3. The minimum Gasteiger partial charge on any atom is -0.374 e. The Morgan fingerprint density at radius 3 is 2.59 bits per heavy atom. The van der Waals surface area contributed by atoms with E-state index in [2.05, 4.69) is 10.5 Å². The van der Waals surface area contributed by atoms with E-state index in [0.717, 1.165) is 11.1 Å². The number of benzene rings is 2. The molecule has 234 valence electrons. The fourth-order valence-corrected chi connectivity index (χ4v) is 6.23. The average Bonchev–Trinajstić information content (AvgIpc) is 3.52. The van der Waals surface area contributed by atoms with E-state index in [1.54, 1.807) is 48.8 Å². The van der Waals surface area contributed by atoms with Crippen molar-refractivity contribution in [3.05, 3.63) is 89.1 Å². The number of rotatable bonds is 10. The molecule has 3 atom stereocenters. The number of hydrogen-bond donors (Lipinski definition) is 2. The normalized spacial score (nSPS) is 21.1. The predicted molar refractivity (Wildman–Crippen MR) is 160 cm³/mol. The second kappa shape index (κ2) is 12.9. The number of carbonyl (C=O) groups excluding carboxylic acids is 3. The summed E-state index contributed by atoms with van der Waals surface area (Å²) in [5, 5.41) is 6.86. The van der Waals surface area contributed by atoms with Gasteiger partial charge in [-0.1, -0.05) is 47.6 Å². The van der Waals surface area contributed by atoms with E-state index >= 15 is 0 Å². The lowest BCUT2D eigenvalue weighted by molar-refractivity contribution is -0.147. The van der Waals surface area contributed by atoms with Gasteiger partial charge in [0.05, 0.1) is 30.7 Å². The molecule has 3 heterocycles. The topological polar surface area (TPSA) is 131 Å². The number of ether oxygens (including phenoxy) is 1. The third kappa shape index (κ3) is 6.84. The molecule has 3 amide bonds. The van der Waals surface area contributed by atoms with Crippen LogP contribution in [0, 0.1) is 18.2 Å². The van der Waals surface area contributed by atoms with Crippen molar-refractivity contribution in [3.63, 3.8) is 0 Å². The van der Waals surface area contributed by atoms with E-state index < -0.39 is 22.9 Å². The first kappa shape index (κ1) is 31.3. The maximum Gasteiger partial charge on any atom is 0.247 e. The zero-order valence-corrected chi connectivity index (χ0v) is 25.4. The van der Waals surface area contributed by atoms with Crippen molar-refractivity contribution in [3.8, 4) is 0 Å². The molecule has 44 heavy (non-hydrogen) atoms. The molecule has 0 saturated carbocycles. The van der Waals surface area contributed by atoms with Crippen molar-refractivity contribution < 1.29 is 28.0 Å². The standard InChI is InChI=1S/C33H40FN5O5/c1-22-16-26(37-44-22)17-39-18-27(24-10-12-25(34)13-11-24)33(31(39)42)14-7-15-38(21-33)29(40)28(36-30(41)32(2,3)35)20-43-19-23-8-5-4-6-9-23/h4-6,8-13,16,27-28H,7,14-15,17-21,35H2,1-3H3,(H,36,41). The third-order valence-electron chi connectivity index (χ3n) is 8.51. The predicted octanol–water partition coefficient (Wildman–Crippen LogP) is 3.30. The van der Waals surface area contributed by atoms with E-state index in [-0.39, 0.29) is 49.9 Å². The molecule has 3 N–H and O–H groups in total. The number of piperidine rings is 1. The Kier molecular flexibility index (Phi) is 9.17. The van der Waals surface area contributed by atoms with Gasteiger partial charge >= 0.3 is 0 Å². The second-order valence-electron chi connectivity index (χ2n) is 12.5. The lowest BCUT2D eigenvalue weighted by atomic mass is 9.69. The number of carbonyl (C=O) groups is 3. The lowest BCUT2D eigenvalue weighted by Gasteiger charge is -2.43. The molecule has 3 aromatic rings. The van der Waals surface area contributed by atoms with Gasteiger partial charge in [0.25, 0.3) is 0 Å². The smallest absolute Gasteiger partial charge is 0.247 e. The van der Waals surface area contributed by atoms with Crippen LogP contribution in [-0.4, -0.2) is 70.5 Å². The summed E-state index contributed by atoms with van der Waals surface area (Å²) in [7, 11) is 0.